The largest absolute Gasteiger partial charge is 0.439 e. The van der Waals surface area contributed by atoms with Gasteiger partial charge in [-0.05, 0) is 66.4 Å². The topological polar surface area (TPSA) is 51.4 Å². The number of hydrogen-bond donors (Lipinski definition) is 0. The van der Waals surface area contributed by atoms with E-state index in [9.17, 15) is 0 Å². The Balaban J connectivity index is 1.42. The third kappa shape index (κ3) is 4.28. The molecule has 0 saturated carbocycles. The summed E-state index contributed by atoms with van der Waals surface area (Å²) < 4.78 is 12.3. The van der Waals surface area contributed by atoms with Gasteiger partial charge in [0.05, 0.1) is 5.69 Å². The minimum Gasteiger partial charge on any atom is -0.439 e. The molecule has 0 amide bonds. The fourth-order valence-electron chi connectivity index (χ4n) is 3.29. The van der Waals surface area contributed by atoms with Crippen molar-refractivity contribution in [3.63, 3.8) is 0 Å². The molecule has 5 nitrogen and oxygen atoms in total. The lowest BCUT2D eigenvalue weighted by molar-refractivity contribution is 0.407. The highest BCUT2D eigenvalue weighted by atomic mass is 79.9. The SMILES string of the molecule is Cc1noc(N2CCC(=Cc3cccc(Oc4ccc(Br)cn4)c3)CC2)c1C. The third-order valence-corrected chi connectivity index (χ3v) is 5.45. The molecule has 0 radical (unpaired) electrons. The lowest BCUT2D eigenvalue weighted by Gasteiger charge is -2.28. The van der Waals surface area contributed by atoms with Crippen LogP contribution in [0.4, 0.5) is 5.88 Å². The summed E-state index contributed by atoms with van der Waals surface area (Å²) >= 11 is 3.38. The number of aromatic nitrogens is 2. The van der Waals surface area contributed by atoms with Crippen LogP contribution in [-0.4, -0.2) is 23.2 Å². The molecule has 6 heteroatoms. The summed E-state index contributed by atoms with van der Waals surface area (Å²) in [6, 6.07) is 11.9. The van der Waals surface area contributed by atoms with E-state index in [-0.39, 0.29) is 0 Å². The Bertz CT molecular complexity index is 985. The number of piperidine rings is 1. The van der Waals surface area contributed by atoms with Crippen LogP contribution in [0.3, 0.4) is 0 Å². The quantitative estimate of drug-likeness (QED) is 0.504. The maximum atomic E-state index is 5.86. The van der Waals surface area contributed by atoms with E-state index in [4.69, 9.17) is 9.26 Å². The molecule has 1 saturated heterocycles. The molecule has 1 aliphatic heterocycles. The Labute approximate surface area is 173 Å². The van der Waals surface area contributed by atoms with Gasteiger partial charge < -0.3 is 14.2 Å². The minimum atomic E-state index is 0.582. The van der Waals surface area contributed by atoms with Gasteiger partial charge >= 0.3 is 0 Å². The zero-order chi connectivity index (χ0) is 19.5. The van der Waals surface area contributed by atoms with Gasteiger partial charge in [0.2, 0.25) is 11.8 Å². The van der Waals surface area contributed by atoms with Crippen molar-refractivity contribution >= 4 is 27.9 Å². The lowest BCUT2D eigenvalue weighted by Crippen LogP contribution is -2.30. The number of nitrogens with zero attached hydrogens (tertiary/aromatic N) is 3. The lowest BCUT2D eigenvalue weighted by atomic mass is 10.0. The average Bonchev–Trinajstić information content (AvgIpc) is 3.03. The summed E-state index contributed by atoms with van der Waals surface area (Å²) in [6.45, 7) is 5.94. The molecule has 0 bridgehead atoms. The third-order valence-electron chi connectivity index (χ3n) is 4.98. The van der Waals surface area contributed by atoms with Gasteiger partial charge in [0.1, 0.15) is 5.75 Å². The van der Waals surface area contributed by atoms with E-state index in [0.717, 1.165) is 58.9 Å². The van der Waals surface area contributed by atoms with Gasteiger partial charge in [-0.2, -0.15) is 0 Å². The van der Waals surface area contributed by atoms with Gasteiger partial charge in [0.15, 0.2) is 0 Å². The second kappa shape index (κ2) is 8.19. The number of aryl methyl sites for hydroxylation is 1. The van der Waals surface area contributed by atoms with Gasteiger partial charge in [-0.1, -0.05) is 28.9 Å². The summed E-state index contributed by atoms with van der Waals surface area (Å²) in [6.07, 6.45) is 6.02. The molecule has 1 aromatic carbocycles. The van der Waals surface area contributed by atoms with Crippen LogP contribution >= 0.6 is 15.9 Å². The first-order valence-corrected chi connectivity index (χ1v) is 10.1. The Hall–Kier alpha value is -2.60. The Morgan fingerprint density at radius 1 is 1.14 bits per heavy atom. The van der Waals surface area contributed by atoms with Crippen molar-refractivity contribution in [2.24, 2.45) is 0 Å². The molecule has 0 unspecified atom stereocenters. The number of pyridine rings is 1. The monoisotopic (exact) mass is 439 g/mol. The summed E-state index contributed by atoms with van der Waals surface area (Å²) in [7, 11) is 0. The second-order valence-electron chi connectivity index (χ2n) is 6.98. The fraction of sp³-hybridized carbons (Fsp3) is 0.273. The number of hydrogen-bond acceptors (Lipinski definition) is 5. The van der Waals surface area contributed by atoms with E-state index in [1.807, 2.05) is 37.3 Å². The maximum Gasteiger partial charge on any atom is 0.230 e. The second-order valence-corrected chi connectivity index (χ2v) is 7.89. The highest BCUT2D eigenvalue weighted by Gasteiger charge is 2.20. The van der Waals surface area contributed by atoms with Crippen LogP contribution in [0, 0.1) is 13.8 Å². The van der Waals surface area contributed by atoms with Crippen molar-refractivity contribution in [2.45, 2.75) is 26.7 Å². The molecule has 0 N–H and O–H groups in total. The minimum absolute atomic E-state index is 0.582. The molecule has 0 aliphatic carbocycles. The molecule has 3 aromatic rings. The zero-order valence-electron chi connectivity index (χ0n) is 16.0. The van der Waals surface area contributed by atoms with Crippen LogP contribution in [0.1, 0.15) is 29.7 Å². The Morgan fingerprint density at radius 3 is 2.64 bits per heavy atom. The van der Waals surface area contributed by atoms with Crippen LogP contribution < -0.4 is 9.64 Å². The van der Waals surface area contributed by atoms with Crippen LogP contribution in [-0.2, 0) is 0 Å². The van der Waals surface area contributed by atoms with Crippen LogP contribution in [0.15, 0.2) is 57.2 Å². The van der Waals surface area contributed by atoms with Crippen molar-refractivity contribution < 1.29 is 9.26 Å². The molecule has 0 spiro atoms. The van der Waals surface area contributed by atoms with Crippen molar-refractivity contribution in [2.75, 3.05) is 18.0 Å². The van der Waals surface area contributed by atoms with Gasteiger partial charge in [0, 0.05) is 35.4 Å². The summed E-state index contributed by atoms with van der Waals surface area (Å²) in [5.74, 6) is 2.28. The zero-order valence-corrected chi connectivity index (χ0v) is 17.6. The fourth-order valence-corrected chi connectivity index (χ4v) is 3.52. The smallest absolute Gasteiger partial charge is 0.230 e. The highest BCUT2D eigenvalue weighted by Crippen LogP contribution is 2.29. The summed E-state index contributed by atoms with van der Waals surface area (Å²) in [5.41, 5.74) is 4.68. The summed E-state index contributed by atoms with van der Waals surface area (Å²) in [4.78, 5) is 6.54. The summed E-state index contributed by atoms with van der Waals surface area (Å²) in [5, 5.41) is 4.07. The Kier molecular flexibility index (Phi) is 5.48. The maximum absolute atomic E-state index is 5.86. The first-order chi connectivity index (χ1) is 13.6. The van der Waals surface area contributed by atoms with Crippen molar-refractivity contribution in [1.29, 1.82) is 0 Å². The molecule has 0 atom stereocenters. The first-order valence-electron chi connectivity index (χ1n) is 9.35. The van der Waals surface area contributed by atoms with E-state index >= 15 is 0 Å². The number of anilines is 1. The van der Waals surface area contributed by atoms with E-state index in [0.29, 0.717) is 5.88 Å². The predicted molar refractivity (Wildman–Crippen MR) is 114 cm³/mol. The molecule has 1 fully saturated rings. The molecule has 144 valence electrons. The Morgan fingerprint density at radius 2 is 1.96 bits per heavy atom. The van der Waals surface area contributed by atoms with Gasteiger partial charge in [-0.15, -0.1) is 0 Å². The van der Waals surface area contributed by atoms with Gasteiger partial charge in [0.25, 0.3) is 0 Å². The van der Waals surface area contributed by atoms with E-state index in [1.165, 1.54) is 5.57 Å². The number of halogens is 1. The number of rotatable bonds is 4. The number of benzene rings is 1. The highest BCUT2D eigenvalue weighted by molar-refractivity contribution is 9.10. The molecular formula is C22H22BrN3O2. The molecule has 3 heterocycles. The molecule has 2 aromatic heterocycles. The van der Waals surface area contributed by atoms with Gasteiger partial charge in [-0.25, -0.2) is 4.98 Å². The van der Waals surface area contributed by atoms with Crippen molar-refractivity contribution in [3.8, 4) is 11.6 Å². The van der Waals surface area contributed by atoms with Gasteiger partial charge in [-0.3, -0.25) is 0 Å². The van der Waals surface area contributed by atoms with E-state index in [1.54, 1.807) is 6.20 Å². The van der Waals surface area contributed by atoms with E-state index < -0.39 is 0 Å². The molecule has 4 rings (SSSR count). The molecule has 1 aliphatic rings. The average molecular weight is 440 g/mol. The van der Waals surface area contributed by atoms with Crippen molar-refractivity contribution in [1.82, 2.24) is 10.1 Å². The van der Waals surface area contributed by atoms with Crippen LogP contribution in [0.25, 0.3) is 6.08 Å². The van der Waals surface area contributed by atoms with Crippen LogP contribution in [0.2, 0.25) is 0 Å². The van der Waals surface area contributed by atoms with E-state index in [2.05, 4.69) is 50.0 Å². The predicted octanol–water partition coefficient (Wildman–Crippen LogP) is 5.93. The van der Waals surface area contributed by atoms with Crippen LogP contribution in [0.5, 0.6) is 11.6 Å². The molecular weight excluding hydrogens is 418 g/mol. The molecule has 28 heavy (non-hydrogen) atoms. The standard InChI is InChI=1S/C22H22BrN3O2/c1-15-16(2)25-28-22(15)26-10-8-17(9-11-26)12-18-4-3-5-20(13-18)27-21-7-6-19(23)14-24-21/h3-7,12-14H,8-11H2,1-2H3. The first kappa shape index (κ1) is 18.7. The van der Waals surface area contributed by atoms with Crippen molar-refractivity contribution in [3.05, 3.63) is 69.5 Å². The number of ether oxygens (including phenoxy) is 1. The normalized spacial score (nSPS) is 14.2.